The van der Waals surface area contributed by atoms with Gasteiger partial charge >= 0.3 is 0 Å². The molecule has 9 heteroatoms. The van der Waals surface area contributed by atoms with Crippen LogP contribution in [0.25, 0.3) is 0 Å². The second-order valence-corrected chi connectivity index (χ2v) is 7.10. The monoisotopic (exact) mass is 527 g/mol. The number of hydrogen-bond donors (Lipinski definition) is 1. The number of nitrogens with one attached hydrogen (secondary N) is 1. The molecule has 0 unspecified atom stereocenters. The van der Waals surface area contributed by atoms with Gasteiger partial charge in [-0.15, -0.1) is 24.0 Å². The Hall–Kier alpha value is -2.01. The van der Waals surface area contributed by atoms with Crippen LogP contribution in [0.1, 0.15) is 12.5 Å². The normalized spacial score (nSPS) is 14.9. The summed E-state index contributed by atoms with van der Waals surface area (Å²) in [5.74, 6) is 1.46. The van der Waals surface area contributed by atoms with Gasteiger partial charge in [0.05, 0.1) is 6.54 Å². The Kier molecular flexibility index (Phi) is 10.2. The highest BCUT2D eigenvalue weighted by molar-refractivity contribution is 14.0. The van der Waals surface area contributed by atoms with Crippen molar-refractivity contribution in [2.24, 2.45) is 4.99 Å². The number of guanidine groups is 1. The van der Waals surface area contributed by atoms with Crippen molar-refractivity contribution in [2.75, 3.05) is 57.8 Å². The molecule has 164 valence electrons. The Morgan fingerprint density at radius 1 is 1.13 bits per heavy atom. The van der Waals surface area contributed by atoms with Crippen molar-refractivity contribution < 1.29 is 4.39 Å². The number of benzene rings is 1. The molecule has 7 nitrogen and oxygen atoms in total. The SMILES string of the molecule is CCNC(=NCCN1CCN(c2ncccn2)CC1)N(C)Cc1ccc(F)cc1.I. The van der Waals surface area contributed by atoms with E-state index in [1.807, 2.05) is 25.2 Å². The molecule has 2 heterocycles. The first kappa shape index (κ1) is 24.3. The zero-order valence-electron chi connectivity index (χ0n) is 17.7. The van der Waals surface area contributed by atoms with E-state index in [1.165, 1.54) is 12.1 Å². The van der Waals surface area contributed by atoms with Crippen LogP contribution in [0.3, 0.4) is 0 Å². The van der Waals surface area contributed by atoms with E-state index in [0.717, 1.165) is 63.3 Å². The van der Waals surface area contributed by atoms with Gasteiger partial charge in [-0.25, -0.2) is 14.4 Å². The lowest BCUT2D eigenvalue weighted by Gasteiger charge is -2.34. The van der Waals surface area contributed by atoms with Crippen LogP contribution in [-0.2, 0) is 6.54 Å². The molecule has 1 saturated heterocycles. The quantitative estimate of drug-likeness (QED) is 0.339. The first-order chi connectivity index (χ1) is 14.2. The number of rotatable bonds is 7. The summed E-state index contributed by atoms with van der Waals surface area (Å²) in [6.45, 7) is 9.03. The maximum Gasteiger partial charge on any atom is 0.225 e. The summed E-state index contributed by atoms with van der Waals surface area (Å²) in [7, 11) is 2.00. The summed E-state index contributed by atoms with van der Waals surface area (Å²) in [5.41, 5.74) is 1.05. The van der Waals surface area contributed by atoms with Crippen LogP contribution < -0.4 is 10.2 Å². The molecule has 0 radical (unpaired) electrons. The van der Waals surface area contributed by atoms with Gasteiger partial charge in [-0.1, -0.05) is 12.1 Å². The smallest absolute Gasteiger partial charge is 0.225 e. The third-order valence-electron chi connectivity index (χ3n) is 4.91. The zero-order valence-corrected chi connectivity index (χ0v) is 20.0. The second kappa shape index (κ2) is 12.6. The number of halogens is 2. The summed E-state index contributed by atoms with van der Waals surface area (Å²) in [4.78, 5) is 20.2. The van der Waals surface area contributed by atoms with Gasteiger partial charge in [-0.3, -0.25) is 9.89 Å². The molecule has 0 spiro atoms. The van der Waals surface area contributed by atoms with Crippen LogP contribution in [0.5, 0.6) is 0 Å². The van der Waals surface area contributed by atoms with Crippen molar-refractivity contribution in [3.8, 4) is 0 Å². The van der Waals surface area contributed by atoms with E-state index in [-0.39, 0.29) is 29.8 Å². The van der Waals surface area contributed by atoms with Crippen molar-refractivity contribution >= 4 is 35.9 Å². The molecule has 1 aliphatic rings. The summed E-state index contributed by atoms with van der Waals surface area (Å²) >= 11 is 0. The molecule has 0 atom stereocenters. The minimum atomic E-state index is -0.212. The van der Waals surface area contributed by atoms with E-state index >= 15 is 0 Å². The highest BCUT2D eigenvalue weighted by atomic mass is 127. The topological polar surface area (TPSA) is 59.9 Å². The number of anilines is 1. The Morgan fingerprint density at radius 3 is 2.43 bits per heavy atom. The first-order valence-corrected chi connectivity index (χ1v) is 10.1. The Labute approximate surface area is 195 Å². The van der Waals surface area contributed by atoms with Crippen molar-refractivity contribution in [2.45, 2.75) is 13.5 Å². The molecule has 1 N–H and O–H groups in total. The fraction of sp³-hybridized carbons (Fsp3) is 0.476. The van der Waals surface area contributed by atoms with E-state index in [4.69, 9.17) is 4.99 Å². The molecule has 2 aromatic rings. The maximum absolute atomic E-state index is 13.1. The highest BCUT2D eigenvalue weighted by Gasteiger charge is 2.18. The molecule has 1 fully saturated rings. The van der Waals surface area contributed by atoms with Gasteiger partial charge in [0.15, 0.2) is 5.96 Å². The van der Waals surface area contributed by atoms with Crippen LogP contribution in [0, 0.1) is 5.82 Å². The molecule has 1 aromatic carbocycles. The van der Waals surface area contributed by atoms with E-state index in [9.17, 15) is 4.39 Å². The van der Waals surface area contributed by atoms with Gasteiger partial charge in [-0.05, 0) is 30.7 Å². The lowest BCUT2D eigenvalue weighted by Crippen LogP contribution is -2.47. The molecule has 0 bridgehead atoms. The molecule has 0 amide bonds. The number of nitrogens with zero attached hydrogens (tertiary/aromatic N) is 6. The average Bonchev–Trinajstić information content (AvgIpc) is 2.76. The van der Waals surface area contributed by atoms with Gasteiger partial charge in [0, 0.05) is 65.3 Å². The number of hydrogen-bond acceptors (Lipinski definition) is 5. The number of aromatic nitrogens is 2. The number of piperazine rings is 1. The predicted molar refractivity (Wildman–Crippen MR) is 130 cm³/mol. The molecular weight excluding hydrogens is 496 g/mol. The van der Waals surface area contributed by atoms with E-state index in [2.05, 4.69) is 36.9 Å². The van der Waals surface area contributed by atoms with Crippen molar-refractivity contribution in [3.05, 3.63) is 54.1 Å². The van der Waals surface area contributed by atoms with Crippen molar-refractivity contribution in [1.82, 2.24) is 25.1 Å². The third-order valence-corrected chi connectivity index (χ3v) is 4.91. The summed E-state index contributed by atoms with van der Waals surface area (Å²) in [5, 5.41) is 3.34. The summed E-state index contributed by atoms with van der Waals surface area (Å²) < 4.78 is 13.1. The molecule has 3 rings (SSSR count). The third kappa shape index (κ3) is 7.35. The average molecular weight is 527 g/mol. The minimum Gasteiger partial charge on any atom is -0.357 e. The van der Waals surface area contributed by atoms with Gasteiger partial charge in [0.25, 0.3) is 0 Å². The lowest BCUT2D eigenvalue weighted by atomic mass is 10.2. The minimum absolute atomic E-state index is 0. The van der Waals surface area contributed by atoms with E-state index in [0.29, 0.717) is 6.54 Å². The fourth-order valence-corrected chi connectivity index (χ4v) is 3.33. The molecule has 0 saturated carbocycles. The second-order valence-electron chi connectivity index (χ2n) is 7.10. The summed E-state index contributed by atoms with van der Waals surface area (Å²) in [6.07, 6.45) is 3.57. The Morgan fingerprint density at radius 2 is 1.80 bits per heavy atom. The Bertz CT molecular complexity index is 765. The van der Waals surface area contributed by atoms with Crippen molar-refractivity contribution in [1.29, 1.82) is 0 Å². The number of aliphatic imine (C=N–C) groups is 1. The van der Waals surface area contributed by atoms with Gasteiger partial charge < -0.3 is 15.1 Å². The van der Waals surface area contributed by atoms with Gasteiger partial charge in [0.1, 0.15) is 5.82 Å². The summed E-state index contributed by atoms with van der Waals surface area (Å²) in [6, 6.07) is 8.45. The van der Waals surface area contributed by atoms with Crippen molar-refractivity contribution in [3.63, 3.8) is 0 Å². The van der Waals surface area contributed by atoms with Crippen LogP contribution in [0.4, 0.5) is 10.3 Å². The molecule has 1 aliphatic heterocycles. The molecule has 30 heavy (non-hydrogen) atoms. The van der Waals surface area contributed by atoms with E-state index < -0.39 is 0 Å². The Balaban J connectivity index is 0.00000320. The lowest BCUT2D eigenvalue weighted by molar-refractivity contribution is 0.263. The molecule has 0 aliphatic carbocycles. The first-order valence-electron chi connectivity index (χ1n) is 10.1. The maximum atomic E-state index is 13.1. The van der Waals surface area contributed by atoms with Crippen LogP contribution in [-0.4, -0.2) is 78.6 Å². The largest absolute Gasteiger partial charge is 0.357 e. The molecular formula is C21H31FIN7. The van der Waals surface area contributed by atoms with Gasteiger partial charge in [0.2, 0.25) is 5.95 Å². The van der Waals surface area contributed by atoms with Crippen LogP contribution in [0.2, 0.25) is 0 Å². The fourth-order valence-electron chi connectivity index (χ4n) is 3.33. The van der Waals surface area contributed by atoms with Crippen LogP contribution >= 0.6 is 24.0 Å². The highest BCUT2D eigenvalue weighted by Crippen LogP contribution is 2.09. The standard InChI is InChI=1S/C21H30FN7.HI/c1-3-23-20(27(2)17-18-5-7-19(22)8-6-18)26-11-12-28-13-15-29(16-14-28)21-24-9-4-10-25-21;/h4-10H,3,11-17H2,1-2H3,(H,23,26);1H. The van der Waals surface area contributed by atoms with E-state index in [1.54, 1.807) is 12.4 Å². The predicted octanol–water partition coefficient (Wildman–Crippen LogP) is 2.45. The van der Waals surface area contributed by atoms with Crippen LogP contribution in [0.15, 0.2) is 47.7 Å². The molecule has 1 aromatic heterocycles. The van der Waals surface area contributed by atoms with Gasteiger partial charge in [-0.2, -0.15) is 0 Å². The zero-order chi connectivity index (χ0) is 20.5.